The first-order valence-corrected chi connectivity index (χ1v) is 7.29. The van der Waals surface area contributed by atoms with Gasteiger partial charge in [0.25, 0.3) is 0 Å². The van der Waals surface area contributed by atoms with Crippen LogP contribution in [0, 0.1) is 6.92 Å². The van der Waals surface area contributed by atoms with Gasteiger partial charge in [-0.05, 0) is 37.7 Å². The number of hydrogen-bond donors (Lipinski definition) is 0. The molecule has 0 amide bonds. The summed E-state index contributed by atoms with van der Waals surface area (Å²) in [4.78, 5) is 6.90. The normalized spacial score (nSPS) is 13.4. The second-order valence-corrected chi connectivity index (χ2v) is 5.45. The minimum atomic E-state index is 0.0200. The predicted octanol–water partition coefficient (Wildman–Crippen LogP) is 3.50. The van der Waals surface area contributed by atoms with Crippen LogP contribution in [0.25, 0.3) is 11.0 Å². The number of hydrogen-bond acceptors (Lipinski definition) is 2. The van der Waals surface area contributed by atoms with E-state index in [-0.39, 0.29) is 5.38 Å². The van der Waals surface area contributed by atoms with Gasteiger partial charge in [-0.1, -0.05) is 19.9 Å². The molecule has 104 valence electrons. The molecule has 0 aliphatic rings. The van der Waals surface area contributed by atoms with Crippen molar-refractivity contribution in [2.45, 2.75) is 26.1 Å². The van der Waals surface area contributed by atoms with Crippen LogP contribution in [0.2, 0.25) is 0 Å². The van der Waals surface area contributed by atoms with Gasteiger partial charge in [-0.25, -0.2) is 4.98 Å². The van der Waals surface area contributed by atoms with Gasteiger partial charge < -0.3 is 9.47 Å². The van der Waals surface area contributed by atoms with Gasteiger partial charge in [0.15, 0.2) is 0 Å². The average Bonchev–Trinajstić information content (AvgIpc) is 2.70. The highest BCUT2D eigenvalue weighted by Crippen LogP contribution is 2.25. The van der Waals surface area contributed by atoms with E-state index < -0.39 is 0 Å². The number of aromatic nitrogens is 2. The number of fused-ring (bicyclic) bond motifs is 1. The number of imidazole rings is 1. The van der Waals surface area contributed by atoms with Crippen LogP contribution < -0.4 is 0 Å². The maximum Gasteiger partial charge on any atom is 0.106 e. The lowest BCUT2D eigenvalue weighted by Gasteiger charge is -2.21. The second-order valence-electron chi connectivity index (χ2n) is 4.92. The lowest BCUT2D eigenvalue weighted by molar-refractivity contribution is 0.304. The fourth-order valence-electron chi connectivity index (χ4n) is 2.35. The summed E-state index contributed by atoms with van der Waals surface area (Å²) >= 11 is 6.53. The van der Waals surface area contributed by atoms with E-state index >= 15 is 0 Å². The van der Waals surface area contributed by atoms with E-state index in [4.69, 9.17) is 11.6 Å². The van der Waals surface area contributed by atoms with Crippen molar-refractivity contribution < 1.29 is 0 Å². The highest BCUT2D eigenvalue weighted by atomic mass is 35.5. The van der Waals surface area contributed by atoms with Crippen molar-refractivity contribution in [1.82, 2.24) is 14.5 Å². The van der Waals surface area contributed by atoms with Crippen molar-refractivity contribution in [2.75, 3.05) is 19.6 Å². The summed E-state index contributed by atoms with van der Waals surface area (Å²) < 4.78 is 2.10. The molecule has 1 atom stereocenters. The third-order valence-corrected chi connectivity index (χ3v) is 4.19. The van der Waals surface area contributed by atoms with Crippen molar-refractivity contribution in [2.24, 2.45) is 7.05 Å². The number of alkyl halides is 1. The third kappa shape index (κ3) is 2.93. The van der Waals surface area contributed by atoms with E-state index in [1.807, 2.05) is 14.0 Å². The highest BCUT2D eigenvalue weighted by molar-refractivity contribution is 6.21. The Morgan fingerprint density at radius 3 is 2.63 bits per heavy atom. The van der Waals surface area contributed by atoms with Crippen LogP contribution in [0.3, 0.4) is 0 Å². The van der Waals surface area contributed by atoms with E-state index in [1.165, 1.54) is 0 Å². The Bertz CT molecular complexity index is 558. The standard InChI is InChI=1S/C15H22ClN3/c1-5-19(6-2)10-13(16)12-7-8-15-14(9-12)17-11(3)18(15)4/h7-9,13H,5-6,10H2,1-4H3. The molecule has 0 aliphatic carbocycles. The van der Waals surface area contributed by atoms with Gasteiger partial charge in [0.1, 0.15) is 5.82 Å². The molecule has 0 saturated heterocycles. The maximum absolute atomic E-state index is 6.53. The van der Waals surface area contributed by atoms with Gasteiger partial charge in [0.05, 0.1) is 16.4 Å². The molecule has 19 heavy (non-hydrogen) atoms. The van der Waals surface area contributed by atoms with Crippen LogP contribution in [0.5, 0.6) is 0 Å². The largest absolute Gasteiger partial charge is 0.331 e. The molecule has 1 unspecified atom stereocenters. The molecule has 0 N–H and O–H groups in total. The summed E-state index contributed by atoms with van der Waals surface area (Å²) in [5.41, 5.74) is 3.34. The summed E-state index contributed by atoms with van der Waals surface area (Å²) in [5.74, 6) is 1.03. The van der Waals surface area contributed by atoms with Crippen molar-refractivity contribution in [1.29, 1.82) is 0 Å². The SMILES string of the molecule is CCN(CC)CC(Cl)c1ccc2c(c1)nc(C)n2C. The molecule has 2 aromatic rings. The molecule has 0 aliphatic heterocycles. The number of aryl methyl sites for hydroxylation is 2. The molecule has 3 nitrogen and oxygen atoms in total. The molecule has 0 fully saturated rings. The van der Waals surface area contributed by atoms with E-state index in [1.54, 1.807) is 0 Å². The number of rotatable bonds is 5. The second kappa shape index (κ2) is 5.93. The highest BCUT2D eigenvalue weighted by Gasteiger charge is 2.13. The molecule has 0 spiro atoms. The summed E-state index contributed by atoms with van der Waals surface area (Å²) in [6.07, 6.45) is 0. The molecule has 4 heteroatoms. The molecule has 1 heterocycles. The van der Waals surface area contributed by atoms with Gasteiger partial charge >= 0.3 is 0 Å². The smallest absolute Gasteiger partial charge is 0.106 e. The van der Waals surface area contributed by atoms with Gasteiger partial charge in [0, 0.05) is 13.6 Å². The average molecular weight is 280 g/mol. The topological polar surface area (TPSA) is 21.1 Å². The number of benzene rings is 1. The monoisotopic (exact) mass is 279 g/mol. The maximum atomic E-state index is 6.53. The van der Waals surface area contributed by atoms with E-state index in [0.717, 1.165) is 42.1 Å². The first-order chi connectivity index (χ1) is 9.06. The Labute approximate surface area is 120 Å². The molecule has 0 bridgehead atoms. The molecule has 0 radical (unpaired) electrons. The Morgan fingerprint density at radius 1 is 1.32 bits per heavy atom. The van der Waals surface area contributed by atoms with Crippen LogP contribution in [-0.2, 0) is 7.05 Å². The zero-order valence-electron chi connectivity index (χ0n) is 12.2. The summed E-state index contributed by atoms with van der Waals surface area (Å²) in [5, 5.41) is 0.0200. The Morgan fingerprint density at radius 2 is 2.00 bits per heavy atom. The Kier molecular flexibility index (Phi) is 4.48. The van der Waals surface area contributed by atoms with Crippen LogP contribution in [0.1, 0.15) is 30.6 Å². The summed E-state index contributed by atoms with van der Waals surface area (Å²) in [6, 6.07) is 6.34. The fraction of sp³-hybridized carbons (Fsp3) is 0.533. The predicted molar refractivity (Wildman–Crippen MR) is 81.8 cm³/mol. The van der Waals surface area contributed by atoms with Gasteiger partial charge in [-0.3, -0.25) is 0 Å². The lowest BCUT2D eigenvalue weighted by Crippen LogP contribution is -2.26. The van der Waals surface area contributed by atoms with E-state index in [9.17, 15) is 0 Å². The van der Waals surface area contributed by atoms with Crippen molar-refractivity contribution >= 4 is 22.6 Å². The van der Waals surface area contributed by atoms with Gasteiger partial charge in [0.2, 0.25) is 0 Å². The molecule has 2 rings (SSSR count). The van der Waals surface area contributed by atoms with E-state index in [0.29, 0.717) is 0 Å². The van der Waals surface area contributed by atoms with Crippen LogP contribution >= 0.6 is 11.6 Å². The zero-order chi connectivity index (χ0) is 14.0. The van der Waals surface area contributed by atoms with Gasteiger partial charge in [-0.15, -0.1) is 11.6 Å². The van der Waals surface area contributed by atoms with Crippen LogP contribution in [0.4, 0.5) is 0 Å². The number of nitrogens with zero attached hydrogens (tertiary/aromatic N) is 3. The quantitative estimate of drug-likeness (QED) is 0.781. The van der Waals surface area contributed by atoms with Crippen molar-refractivity contribution in [3.8, 4) is 0 Å². The number of likely N-dealkylation sites (N-methyl/N-ethyl adjacent to an activating group) is 1. The van der Waals surface area contributed by atoms with Gasteiger partial charge in [-0.2, -0.15) is 0 Å². The number of halogens is 1. The fourth-order valence-corrected chi connectivity index (χ4v) is 2.68. The van der Waals surface area contributed by atoms with Crippen LogP contribution in [0.15, 0.2) is 18.2 Å². The summed E-state index contributed by atoms with van der Waals surface area (Å²) in [6.45, 7) is 9.30. The first kappa shape index (κ1) is 14.4. The van der Waals surface area contributed by atoms with E-state index in [2.05, 4.69) is 46.5 Å². The first-order valence-electron chi connectivity index (χ1n) is 6.86. The molecule has 0 saturated carbocycles. The Balaban J connectivity index is 2.25. The lowest BCUT2D eigenvalue weighted by atomic mass is 10.1. The zero-order valence-corrected chi connectivity index (χ0v) is 12.9. The summed E-state index contributed by atoms with van der Waals surface area (Å²) in [7, 11) is 2.04. The molecular weight excluding hydrogens is 258 g/mol. The molecule has 1 aromatic carbocycles. The van der Waals surface area contributed by atoms with Crippen molar-refractivity contribution in [3.05, 3.63) is 29.6 Å². The Hall–Kier alpha value is -1.06. The van der Waals surface area contributed by atoms with Crippen LogP contribution in [-0.4, -0.2) is 34.1 Å². The minimum absolute atomic E-state index is 0.0200. The molecule has 1 aromatic heterocycles. The molecular formula is C15H22ClN3. The van der Waals surface area contributed by atoms with Crippen molar-refractivity contribution in [3.63, 3.8) is 0 Å². The minimum Gasteiger partial charge on any atom is -0.331 e. The third-order valence-electron chi connectivity index (χ3n) is 3.80.